The van der Waals surface area contributed by atoms with E-state index in [0.29, 0.717) is 6.42 Å². The molecule has 0 spiro atoms. The second kappa shape index (κ2) is 4.45. The van der Waals surface area contributed by atoms with E-state index in [4.69, 9.17) is 11.6 Å². The third-order valence-corrected chi connectivity index (χ3v) is 2.38. The normalized spacial score (nSPS) is 12.5. The van der Waals surface area contributed by atoms with Gasteiger partial charge < -0.3 is 5.11 Å². The molecule has 13 heavy (non-hydrogen) atoms. The summed E-state index contributed by atoms with van der Waals surface area (Å²) >= 11 is 5.86. The van der Waals surface area contributed by atoms with E-state index >= 15 is 0 Å². The maximum absolute atomic E-state index is 9.62. The number of aliphatic hydroxyl groups excluding tert-OH is 1. The fraction of sp³-hybridized carbons (Fsp3) is 0.273. The van der Waals surface area contributed by atoms with Gasteiger partial charge in [0.15, 0.2) is 0 Å². The molecule has 0 unspecified atom stereocenters. The summed E-state index contributed by atoms with van der Waals surface area (Å²) in [5.41, 5.74) is 1.88. The van der Waals surface area contributed by atoms with E-state index < -0.39 is 6.10 Å². The van der Waals surface area contributed by atoms with Gasteiger partial charge in [-0.3, -0.25) is 0 Å². The maximum Gasteiger partial charge on any atom is 0.0824 e. The highest BCUT2D eigenvalue weighted by molar-refractivity contribution is 6.31. The van der Waals surface area contributed by atoms with Crippen LogP contribution in [0, 0.1) is 6.92 Å². The van der Waals surface area contributed by atoms with Crippen LogP contribution in [0.15, 0.2) is 30.9 Å². The fourth-order valence-electron chi connectivity index (χ4n) is 1.17. The predicted molar refractivity (Wildman–Crippen MR) is 56.0 cm³/mol. The molecule has 1 aromatic carbocycles. The third-order valence-electron chi connectivity index (χ3n) is 1.96. The smallest absolute Gasteiger partial charge is 0.0824 e. The summed E-state index contributed by atoms with van der Waals surface area (Å²) in [7, 11) is 0. The van der Waals surface area contributed by atoms with E-state index in [1.54, 1.807) is 12.1 Å². The van der Waals surface area contributed by atoms with Gasteiger partial charge in [-0.2, -0.15) is 0 Å². The molecule has 0 radical (unpaired) electrons. The zero-order valence-corrected chi connectivity index (χ0v) is 8.38. The summed E-state index contributed by atoms with van der Waals surface area (Å²) in [4.78, 5) is 0. The molecule has 1 aromatic rings. The van der Waals surface area contributed by atoms with E-state index in [2.05, 4.69) is 6.58 Å². The van der Waals surface area contributed by atoms with E-state index in [1.165, 1.54) is 0 Å². The summed E-state index contributed by atoms with van der Waals surface area (Å²) in [6, 6.07) is 5.54. The number of rotatable bonds is 3. The SMILES string of the molecule is C=CC[C@H](O)c1ccc(Cl)c(C)c1. The van der Waals surface area contributed by atoms with Gasteiger partial charge in [-0.25, -0.2) is 0 Å². The van der Waals surface area contributed by atoms with E-state index in [9.17, 15) is 5.11 Å². The Labute approximate surface area is 83.7 Å². The van der Waals surface area contributed by atoms with Crippen LogP contribution in [0.25, 0.3) is 0 Å². The average molecular weight is 197 g/mol. The predicted octanol–water partition coefficient (Wildman–Crippen LogP) is 3.26. The van der Waals surface area contributed by atoms with Crippen molar-refractivity contribution in [3.05, 3.63) is 47.0 Å². The van der Waals surface area contributed by atoms with Gasteiger partial charge in [0.25, 0.3) is 0 Å². The van der Waals surface area contributed by atoms with Crippen molar-refractivity contribution in [3.8, 4) is 0 Å². The molecule has 70 valence electrons. The number of hydrogen-bond donors (Lipinski definition) is 1. The first-order valence-corrected chi connectivity index (χ1v) is 4.58. The Bertz CT molecular complexity index is 307. The van der Waals surface area contributed by atoms with Gasteiger partial charge in [0.05, 0.1) is 6.10 Å². The first kappa shape index (κ1) is 10.3. The summed E-state index contributed by atoms with van der Waals surface area (Å²) in [6.07, 6.45) is 1.81. The molecule has 1 N–H and O–H groups in total. The molecule has 0 amide bonds. The highest BCUT2D eigenvalue weighted by Crippen LogP contribution is 2.22. The first-order valence-electron chi connectivity index (χ1n) is 4.20. The van der Waals surface area contributed by atoms with Crippen molar-refractivity contribution in [1.29, 1.82) is 0 Å². The van der Waals surface area contributed by atoms with Gasteiger partial charge >= 0.3 is 0 Å². The number of benzene rings is 1. The van der Waals surface area contributed by atoms with E-state index in [-0.39, 0.29) is 0 Å². The van der Waals surface area contributed by atoms with Crippen LogP contribution in [0.1, 0.15) is 23.7 Å². The van der Waals surface area contributed by atoms with Crippen LogP contribution in [0.5, 0.6) is 0 Å². The highest BCUT2D eigenvalue weighted by Gasteiger charge is 2.06. The Morgan fingerprint density at radius 1 is 1.62 bits per heavy atom. The van der Waals surface area contributed by atoms with Gasteiger partial charge in [-0.1, -0.05) is 29.8 Å². The lowest BCUT2D eigenvalue weighted by atomic mass is 10.0. The van der Waals surface area contributed by atoms with Crippen molar-refractivity contribution in [3.63, 3.8) is 0 Å². The molecule has 1 nitrogen and oxygen atoms in total. The van der Waals surface area contributed by atoms with E-state index in [1.807, 2.05) is 19.1 Å². The minimum Gasteiger partial charge on any atom is -0.388 e. The Morgan fingerprint density at radius 3 is 2.85 bits per heavy atom. The number of aryl methyl sites for hydroxylation is 1. The molecule has 2 heteroatoms. The van der Waals surface area contributed by atoms with Crippen molar-refractivity contribution in [2.45, 2.75) is 19.4 Å². The standard InChI is InChI=1S/C11H13ClO/c1-3-4-11(13)9-5-6-10(12)8(2)7-9/h3,5-7,11,13H,1,4H2,2H3/t11-/m0/s1. The summed E-state index contributed by atoms with van der Waals surface area (Å²) in [5, 5.41) is 10.4. The summed E-state index contributed by atoms with van der Waals surface area (Å²) in [5.74, 6) is 0. The average Bonchev–Trinajstić information content (AvgIpc) is 2.10. The molecule has 0 saturated carbocycles. The molecule has 0 fully saturated rings. The van der Waals surface area contributed by atoms with Gasteiger partial charge in [0, 0.05) is 5.02 Å². The van der Waals surface area contributed by atoms with Crippen molar-refractivity contribution < 1.29 is 5.11 Å². The largest absolute Gasteiger partial charge is 0.388 e. The van der Waals surface area contributed by atoms with Crippen LogP contribution in [-0.2, 0) is 0 Å². The monoisotopic (exact) mass is 196 g/mol. The number of hydrogen-bond acceptors (Lipinski definition) is 1. The van der Waals surface area contributed by atoms with E-state index in [0.717, 1.165) is 16.1 Å². The summed E-state index contributed by atoms with van der Waals surface area (Å²) in [6.45, 7) is 5.50. The van der Waals surface area contributed by atoms with Crippen LogP contribution in [0.2, 0.25) is 5.02 Å². The molecule has 0 aliphatic heterocycles. The zero-order chi connectivity index (χ0) is 9.84. The highest BCUT2D eigenvalue weighted by atomic mass is 35.5. The van der Waals surface area contributed by atoms with Crippen LogP contribution in [-0.4, -0.2) is 5.11 Å². The lowest BCUT2D eigenvalue weighted by molar-refractivity contribution is 0.181. The van der Waals surface area contributed by atoms with Gasteiger partial charge in [-0.05, 0) is 30.5 Å². The topological polar surface area (TPSA) is 20.2 Å². The van der Waals surface area contributed by atoms with Crippen LogP contribution in [0.4, 0.5) is 0 Å². The molecule has 0 saturated heterocycles. The fourth-order valence-corrected chi connectivity index (χ4v) is 1.29. The van der Waals surface area contributed by atoms with Crippen LogP contribution < -0.4 is 0 Å². The molecule has 0 bridgehead atoms. The Kier molecular flexibility index (Phi) is 3.52. The second-order valence-corrected chi connectivity index (χ2v) is 3.46. The Hall–Kier alpha value is -0.790. The van der Waals surface area contributed by atoms with Crippen LogP contribution >= 0.6 is 11.6 Å². The molecule has 1 rings (SSSR count). The maximum atomic E-state index is 9.62. The van der Waals surface area contributed by atoms with Crippen LogP contribution in [0.3, 0.4) is 0 Å². The van der Waals surface area contributed by atoms with Crippen molar-refractivity contribution in [2.24, 2.45) is 0 Å². The van der Waals surface area contributed by atoms with Gasteiger partial charge in [0.2, 0.25) is 0 Å². The molecule has 0 aliphatic rings. The van der Waals surface area contributed by atoms with Crippen molar-refractivity contribution in [1.82, 2.24) is 0 Å². The van der Waals surface area contributed by atoms with Crippen molar-refractivity contribution in [2.75, 3.05) is 0 Å². The molecule has 0 aromatic heterocycles. The Morgan fingerprint density at radius 2 is 2.31 bits per heavy atom. The zero-order valence-electron chi connectivity index (χ0n) is 7.63. The molecule has 0 aliphatic carbocycles. The molecular weight excluding hydrogens is 184 g/mol. The van der Waals surface area contributed by atoms with Crippen molar-refractivity contribution >= 4 is 11.6 Å². The lowest BCUT2D eigenvalue weighted by Crippen LogP contribution is -1.95. The quantitative estimate of drug-likeness (QED) is 0.736. The first-order chi connectivity index (χ1) is 6.15. The minimum absolute atomic E-state index is 0.464. The Balaban J connectivity index is 2.89. The minimum atomic E-state index is -0.464. The number of aliphatic hydroxyl groups is 1. The van der Waals surface area contributed by atoms with Gasteiger partial charge in [-0.15, -0.1) is 6.58 Å². The molecular formula is C11H13ClO. The second-order valence-electron chi connectivity index (χ2n) is 3.05. The molecule has 1 atom stereocenters. The van der Waals surface area contributed by atoms with Gasteiger partial charge in [0.1, 0.15) is 0 Å². The summed E-state index contributed by atoms with van der Waals surface area (Å²) < 4.78 is 0. The third kappa shape index (κ3) is 2.58. The molecule has 0 heterocycles. The lowest BCUT2D eigenvalue weighted by Gasteiger charge is -2.09. The number of halogens is 1.